The first-order valence-electron chi connectivity index (χ1n) is 3.22. The first-order valence-corrected chi connectivity index (χ1v) is 3.22. The summed E-state index contributed by atoms with van der Waals surface area (Å²) in [5.74, 6) is 1.03. The number of hydrogen-bond donors (Lipinski definition) is 1. The normalized spacial score (nSPS) is 8.77. The summed E-state index contributed by atoms with van der Waals surface area (Å²) in [5.41, 5.74) is 4.80. The number of primary amides is 1. The van der Waals surface area contributed by atoms with Gasteiger partial charge in [0.2, 0.25) is 5.95 Å². The Balaban J connectivity index is 3.00. The van der Waals surface area contributed by atoms with E-state index < -0.39 is 17.7 Å². The van der Waals surface area contributed by atoms with Crippen molar-refractivity contribution in [1.29, 1.82) is 0 Å². The molecule has 0 saturated heterocycles. The van der Waals surface area contributed by atoms with Crippen LogP contribution in [0.5, 0.6) is 0 Å². The van der Waals surface area contributed by atoms with Crippen molar-refractivity contribution in [3.63, 3.8) is 0 Å². The molecule has 1 amide bonds. The zero-order valence-electron chi connectivity index (χ0n) is 6.34. The number of pyridine rings is 1. The van der Waals surface area contributed by atoms with Crippen LogP contribution in [0.3, 0.4) is 0 Å². The molecule has 1 aromatic heterocycles. The van der Waals surface area contributed by atoms with Crippen LogP contribution in [0.2, 0.25) is 0 Å². The zero-order valence-corrected chi connectivity index (χ0v) is 6.34. The molecule has 0 saturated carbocycles. The number of nitrogens with zero attached hydrogens (tertiary/aromatic N) is 1. The summed E-state index contributed by atoms with van der Waals surface area (Å²) in [5, 5.41) is 0. The molecule has 0 aliphatic heterocycles. The quantitative estimate of drug-likeness (QED) is 0.460. The number of carbonyl (C=O) groups excluding carboxylic acids is 1. The molecule has 0 unspecified atom stereocenters. The van der Waals surface area contributed by atoms with Gasteiger partial charge in [0.05, 0.1) is 0 Å². The Morgan fingerprint density at radius 3 is 2.77 bits per heavy atom. The monoisotopic (exact) mass is 182 g/mol. The van der Waals surface area contributed by atoms with Crippen molar-refractivity contribution in [3.05, 3.63) is 29.6 Å². The van der Waals surface area contributed by atoms with Crippen LogP contribution in [0, 0.1) is 23.6 Å². The van der Waals surface area contributed by atoms with Crippen LogP contribution in [-0.4, -0.2) is 10.9 Å². The molecule has 1 aromatic rings. The van der Waals surface area contributed by atoms with Gasteiger partial charge in [0.1, 0.15) is 0 Å². The highest BCUT2D eigenvalue weighted by molar-refractivity contribution is 5.92. The molecule has 5 heteroatoms. The Morgan fingerprint density at radius 1 is 1.54 bits per heavy atom. The van der Waals surface area contributed by atoms with Crippen molar-refractivity contribution >= 4 is 5.91 Å². The summed E-state index contributed by atoms with van der Waals surface area (Å²) in [6.45, 7) is 0. The molecule has 66 valence electrons. The van der Waals surface area contributed by atoms with Crippen molar-refractivity contribution in [2.24, 2.45) is 5.73 Å². The second-order valence-corrected chi connectivity index (χ2v) is 2.11. The van der Waals surface area contributed by atoms with Gasteiger partial charge < -0.3 is 5.73 Å². The van der Waals surface area contributed by atoms with Gasteiger partial charge in [-0.2, -0.15) is 4.39 Å². The molecule has 2 N–H and O–H groups in total. The first kappa shape index (κ1) is 9.13. The third-order valence-corrected chi connectivity index (χ3v) is 1.13. The number of aromatic nitrogens is 1. The van der Waals surface area contributed by atoms with Crippen molar-refractivity contribution in [2.45, 2.75) is 0 Å². The van der Waals surface area contributed by atoms with Gasteiger partial charge in [0.15, 0.2) is 5.82 Å². The molecule has 0 radical (unpaired) electrons. The van der Waals surface area contributed by atoms with Crippen LogP contribution in [-0.2, 0) is 4.79 Å². The van der Waals surface area contributed by atoms with E-state index in [4.69, 9.17) is 5.73 Å². The van der Waals surface area contributed by atoms with Crippen molar-refractivity contribution in [1.82, 2.24) is 4.98 Å². The fourth-order valence-electron chi connectivity index (χ4n) is 0.623. The first-order chi connectivity index (χ1) is 6.09. The molecule has 3 nitrogen and oxygen atoms in total. The number of carbonyl (C=O) groups is 1. The van der Waals surface area contributed by atoms with Crippen molar-refractivity contribution < 1.29 is 13.6 Å². The Kier molecular flexibility index (Phi) is 2.55. The number of amides is 1. The van der Waals surface area contributed by atoms with E-state index >= 15 is 0 Å². The third-order valence-electron chi connectivity index (χ3n) is 1.13. The predicted octanol–water partition coefficient (Wildman–Crippen LogP) is 0.197. The predicted molar refractivity (Wildman–Crippen MR) is 40.2 cm³/mol. The average Bonchev–Trinajstić information content (AvgIpc) is 2.07. The zero-order chi connectivity index (χ0) is 9.84. The maximum absolute atomic E-state index is 12.5. The molecule has 0 aliphatic rings. The summed E-state index contributed by atoms with van der Waals surface area (Å²) < 4.78 is 24.8. The van der Waals surface area contributed by atoms with E-state index in [1.807, 2.05) is 5.92 Å². The molecule has 0 aromatic carbocycles. The minimum atomic E-state index is -1.20. The fraction of sp³-hybridized carbons (Fsp3) is 0. The maximum Gasteiger partial charge on any atom is 0.293 e. The van der Waals surface area contributed by atoms with Gasteiger partial charge in [-0.05, 0) is 6.07 Å². The lowest BCUT2D eigenvalue weighted by molar-refractivity contribution is -0.112. The minimum Gasteiger partial charge on any atom is -0.359 e. The van der Waals surface area contributed by atoms with Crippen LogP contribution >= 0.6 is 0 Å². The van der Waals surface area contributed by atoms with Gasteiger partial charge in [0.25, 0.3) is 5.91 Å². The molecule has 0 bridgehead atoms. The highest BCUT2D eigenvalue weighted by Gasteiger charge is 2.01. The minimum absolute atomic E-state index is 0.0951. The van der Waals surface area contributed by atoms with Crippen LogP contribution in [0.15, 0.2) is 12.3 Å². The van der Waals surface area contributed by atoms with Gasteiger partial charge in [-0.1, -0.05) is 5.92 Å². The number of rotatable bonds is 0. The summed E-state index contributed by atoms with van der Waals surface area (Å²) in [6.07, 6.45) is 1.01. The van der Waals surface area contributed by atoms with Crippen LogP contribution in [0.1, 0.15) is 5.56 Å². The molecular weight excluding hydrogens is 178 g/mol. The Bertz CT molecular complexity index is 406. The van der Waals surface area contributed by atoms with E-state index in [-0.39, 0.29) is 5.56 Å². The summed E-state index contributed by atoms with van der Waals surface area (Å²) in [4.78, 5) is 13.2. The number of nitrogens with two attached hydrogens (primary N) is 1. The summed E-state index contributed by atoms with van der Waals surface area (Å²) in [7, 11) is 0. The Morgan fingerprint density at radius 2 is 2.23 bits per heavy atom. The number of hydrogen-bond acceptors (Lipinski definition) is 2. The molecule has 0 aliphatic carbocycles. The lowest BCUT2D eigenvalue weighted by atomic mass is 10.3. The largest absolute Gasteiger partial charge is 0.359 e. The summed E-state index contributed by atoms with van der Waals surface area (Å²) >= 11 is 0. The van der Waals surface area contributed by atoms with Gasteiger partial charge in [-0.25, -0.2) is 9.37 Å². The molecule has 0 fully saturated rings. The highest BCUT2D eigenvalue weighted by Crippen LogP contribution is 2.03. The lowest BCUT2D eigenvalue weighted by Gasteiger charge is -1.90. The van der Waals surface area contributed by atoms with Crippen LogP contribution in [0.4, 0.5) is 8.78 Å². The smallest absolute Gasteiger partial charge is 0.293 e. The second-order valence-electron chi connectivity index (χ2n) is 2.11. The molecule has 13 heavy (non-hydrogen) atoms. The topological polar surface area (TPSA) is 56.0 Å². The van der Waals surface area contributed by atoms with E-state index in [0.717, 1.165) is 12.3 Å². The molecule has 0 spiro atoms. The third kappa shape index (κ3) is 2.52. The molecular formula is C8H4F2N2O. The number of halogens is 2. The van der Waals surface area contributed by atoms with Gasteiger partial charge in [-0.15, -0.1) is 0 Å². The van der Waals surface area contributed by atoms with Crippen LogP contribution in [0.25, 0.3) is 0 Å². The van der Waals surface area contributed by atoms with E-state index in [1.165, 1.54) is 0 Å². The van der Waals surface area contributed by atoms with Gasteiger partial charge in [0, 0.05) is 17.7 Å². The summed E-state index contributed by atoms with van der Waals surface area (Å²) in [6, 6.07) is 0.832. The standard InChI is InChI=1S/C8H4F2N2O/c9-6-3-5(1-2-7(11)13)4-12-8(6)10/h3-4H,(H2,11,13). The van der Waals surface area contributed by atoms with Crippen LogP contribution < -0.4 is 5.73 Å². The molecule has 1 rings (SSSR count). The second kappa shape index (κ2) is 3.63. The van der Waals surface area contributed by atoms with E-state index in [1.54, 1.807) is 0 Å². The van der Waals surface area contributed by atoms with Gasteiger partial charge in [-0.3, -0.25) is 4.79 Å². The molecule has 0 atom stereocenters. The Hall–Kier alpha value is -1.96. The fourth-order valence-corrected chi connectivity index (χ4v) is 0.623. The SMILES string of the molecule is NC(=O)C#Cc1cnc(F)c(F)c1. The van der Waals surface area contributed by atoms with E-state index in [0.29, 0.717) is 0 Å². The van der Waals surface area contributed by atoms with E-state index in [2.05, 4.69) is 10.9 Å². The average molecular weight is 182 g/mol. The lowest BCUT2D eigenvalue weighted by Crippen LogP contribution is -2.06. The van der Waals surface area contributed by atoms with Crippen molar-refractivity contribution in [3.8, 4) is 11.8 Å². The molecule has 1 heterocycles. The highest BCUT2D eigenvalue weighted by atomic mass is 19.2. The van der Waals surface area contributed by atoms with Crippen molar-refractivity contribution in [2.75, 3.05) is 0 Å². The Labute approximate surface area is 72.6 Å². The van der Waals surface area contributed by atoms with Gasteiger partial charge >= 0.3 is 0 Å². The maximum atomic E-state index is 12.5. The van der Waals surface area contributed by atoms with E-state index in [9.17, 15) is 13.6 Å².